The molecule has 0 heterocycles. The first-order valence-corrected chi connectivity index (χ1v) is 8.44. The Morgan fingerprint density at radius 1 is 0.900 bits per heavy atom. The van der Waals surface area contributed by atoms with E-state index in [0.29, 0.717) is 18.5 Å². The lowest BCUT2D eigenvalue weighted by atomic mass is 9.86. The van der Waals surface area contributed by atoms with Crippen LogP contribution in [0.25, 0.3) is 0 Å². The Morgan fingerprint density at radius 2 is 1.40 bits per heavy atom. The molecule has 2 fully saturated rings. The van der Waals surface area contributed by atoms with Gasteiger partial charge in [-0.2, -0.15) is 5.26 Å². The SMILES string of the molecule is C#CCC(CC#N)N(C1CCCCC1)C1CCCCC1. The average Bonchev–Trinajstić information content (AvgIpc) is 2.50. The Labute approximate surface area is 124 Å². The summed E-state index contributed by atoms with van der Waals surface area (Å²) >= 11 is 0. The van der Waals surface area contributed by atoms with E-state index in [0.717, 1.165) is 6.42 Å². The smallest absolute Gasteiger partial charge is 0.0638 e. The Kier molecular flexibility index (Phi) is 6.41. The highest BCUT2D eigenvalue weighted by atomic mass is 15.2. The summed E-state index contributed by atoms with van der Waals surface area (Å²) in [6.45, 7) is 0. The molecule has 0 aromatic heterocycles. The summed E-state index contributed by atoms with van der Waals surface area (Å²) < 4.78 is 0. The maximum atomic E-state index is 9.16. The third-order valence-electron chi connectivity index (χ3n) is 5.09. The van der Waals surface area contributed by atoms with E-state index in [1.165, 1.54) is 64.2 Å². The molecule has 0 saturated heterocycles. The van der Waals surface area contributed by atoms with Gasteiger partial charge in [-0.05, 0) is 25.7 Å². The summed E-state index contributed by atoms with van der Waals surface area (Å²) in [5.74, 6) is 2.82. The number of terminal acetylenes is 1. The highest BCUT2D eigenvalue weighted by Crippen LogP contribution is 2.33. The fourth-order valence-corrected chi connectivity index (χ4v) is 4.18. The molecule has 0 spiro atoms. The first kappa shape index (κ1) is 15.4. The molecule has 2 rings (SSSR count). The first-order valence-electron chi connectivity index (χ1n) is 8.44. The van der Waals surface area contributed by atoms with Crippen molar-refractivity contribution in [3.05, 3.63) is 0 Å². The van der Waals surface area contributed by atoms with Gasteiger partial charge in [-0.25, -0.2) is 0 Å². The van der Waals surface area contributed by atoms with Crippen LogP contribution in [-0.4, -0.2) is 23.0 Å². The fourth-order valence-electron chi connectivity index (χ4n) is 4.18. The normalized spacial score (nSPS) is 23.1. The lowest BCUT2D eigenvalue weighted by molar-refractivity contribution is 0.0407. The summed E-state index contributed by atoms with van der Waals surface area (Å²) in [5, 5.41) is 9.16. The first-order chi connectivity index (χ1) is 9.86. The van der Waals surface area contributed by atoms with Gasteiger partial charge in [0.1, 0.15) is 0 Å². The molecule has 0 aromatic rings. The lowest BCUT2D eigenvalue weighted by Crippen LogP contribution is -2.50. The van der Waals surface area contributed by atoms with Crippen molar-refractivity contribution < 1.29 is 0 Å². The van der Waals surface area contributed by atoms with Crippen molar-refractivity contribution >= 4 is 0 Å². The van der Waals surface area contributed by atoms with Crippen molar-refractivity contribution in [2.75, 3.05) is 0 Å². The van der Waals surface area contributed by atoms with Crippen LogP contribution >= 0.6 is 0 Å². The summed E-state index contributed by atoms with van der Waals surface area (Å²) in [4.78, 5) is 2.70. The topological polar surface area (TPSA) is 27.0 Å². The van der Waals surface area contributed by atoms with E-state index >= 15 is 0 Å². The summed E-state index contributed by atoms with van der Waals surface area (Å²) in [6, 6.07) is 4.02. The van der Waals surface area contributed by atoms with Crippen LogP contribution in [-0.2, 0) is 0 Å². The van der Waals surface area contributed by atoms with Crippen LogP contribution in [0.4, 0.5) is 0 Å². The van der Waals surface area contributed by atoms with Crippen molar-refractivity contribution in [2.24, 2.45) is 0 Å². The zero-order valence-electron chi connectivity index (χ0n) is 12.7. The number of hydrogen-bond acceptors (Lipinski definition) is 2. The number of hydrogen-bond donors (Lipinski definition) is 0. The summed E-state index contributed by atoms with van der Waals surface area (Å²) in [6.07, 6.45) is 20.3. The molecule has 0 aromatic carbocycles. The van der Waals surface area contributed by atoms with E-state index in [1.54, 1.807) is 0 Å². The molecule has 0 N–H and O–H groups in total. The van der Waals surface area contributed by atoms with Crippen LogP contribution in [0, 0.1) is 23.7 Å². The van der Waals surface area contributed by atoms with E-state index in [4.69, 9.17) is 11.7 Å². The standard InChI is InChI=1S/C18H28N2/c1-2-9-16(14-15-19)20(17-10-5-3-6-11-17)18-12-7-4-8-13-18/h1,16-18H,3-14H2. The predicted molar refractivity (Wildman–Crippen MR) is 83.1 cm³/mol. The minimum absolute atomic E-state index is 0.288. The molecule has 2 aliphatic carbocycles. The summed E-state index contributed by atoms with van der Waals surface area (Å²) in [7, 11) is 0. The van der Waals surface area contributed by atoms with Crippen molar-refractivity contribution in [3.63, 3.8) is 0 Å². The van der Waals surface area contributed by atoms with E-state index in [9.17, 15) is 0 Å². The molecule has 110 valence electrons. The monoisotopic (exact) mass is 272 g/mol. The van der Waals surface area contributed by atoms with Gasteiger partial charge in [0.25, 0.3) is 0 Å². The Hall–Kier alpha value is -0.990. The molecule has 2 aliphatic rings. The minimum Gasteiger partial charge on any atom is -0.293 e. The number of rotatable bonds is 5. The molecular weight excluding hydrogens is 244 g/mol. The molecule has 1 atom stereocenters. The van der Waals surface area contributed by atoms with Gasteiger partial charge in [0, 0.05) is 24.5 Å². The van der Waals surface area contributed by atoms with Crippen molar-refractivity contribution in [3.8, 4) is 18.4 Å². The number of nitriles is 1. The van der Waals surface area contributed by atoms with Crippen LogP contribution in [0.5, 0.6) is 0 Å². The Balaban J connectivity index is 2.12. The molecule has 2 heteroatoms. The van der Waals surface area contributed by atoms with Gasteiger partial charge in [0.2, 0.25) is 0 Å². The van der Waals surface area contributed by atoms with Gasteiger partial charge >= 0.3 is 0 Å². The maximum Gasteiger partial charge on any atom is 0.0638 e. The second-order valence-electron chi connectivity index (χ2n) is 6.46. The zero-order chi connectivity index (χ0) is 14.2. The molecular formula is C18H28N2. The largest absolute Gasteiger partial charge is 0.293 e. The molecule has 1 unspecified atom stereocenters. The molecule has 0 radical (unpaired) electrons. The van der Waals surface area contributed by atoms with Crippen LogP contribution in [0.3, 0.4) is 0 Å². The van der Waals surface area contributed by atoms with Crippen LogP contribution in [0.15, 0.2) is 0 Å². The van der Waals surface area contributed by atoms with E-state index in [2.05, 4.69) is 16.9 Å². The van der Waals surface area contributed by atoms with Crippen LogP contribution in [0.1, 0.15) is 77.0 Å². The average molecular weight is 272 g/mol. The van der Waals surface area contributed by atoms with Gasteiger partial charge in [-0.15, -0.1) is 12.3 Å². The highest BCUT2D eigenvalue weighted by molar-refractivity contribution is 4.98. The van der Waals surface area contributed by atoms with Gasteiger partial charge in [-0.1, -0.05) is 38.5 Å². The third-order valence-corrected chi connectivity index (χ3v) is 5.09. The number of nitrogens with zero attached hydrogens (tertiary/aromatic N) is 2. The van der Waals surface area contributed by atoms with E-state index < -0.39 is 0 Å². The molecule has 20 heavy (non-hydrogen) atoms. The molecule has 0 amide bonds. The van der Waals surface area contributed by atoms with Crippen molar-refractivity contribution in [1.29, 1.82) is 5.26 Å². The Bertz CT molecular complexity index is 317. The van der Waals surface area contributed by atoms with Gasteiger partial charge in [0.15, 0.2) is 0 Å². The third kappa shape index (κ3) is 4.00. The maximum absolute atomic E-state index is 9.16. The van der Waals surface area contributed by atoms with E-state index in [1.807, 2.05) is 0 Å². The summed E-state index contributed by atoms with van der Waals surface area (Å²) in [5.41, 5.74) is 0. The molecule has 0 bridgehead atoms. The van der Waals surface area contributed by atoms with Crippen LogP contribution < -0.4 is 0 Å². The fraction of sp³-hybridized carbons (Fsp3) is 0.833. The van der Waals surface area contributed by atoms with Gasteiger partial charge in [0.05, 0.1) is 12.5 Å². The second kappa shape index (κ2) is 8.33. The van der Waals surface area contributed by atoms with Crippen molar-refractivity contribution in [2.45, 2.75) is 95.2 Å². The van der Waals surface area contributed by atoms with Crippen molar-refractivity contribution in [1.82, 2.24) is 4.90 Å². The minimum atomic E-state index is 0.288. The molecule has 2 saturated carbocycles. The molecule has 2 nitrogen and oxygen atoms in total. The predicted octanol–water partition coefficient (Wildman–Crippen LogP) is 4.26. The van der Waals surface area contributed by atoms with Gasteiger partial charge in [-0.3, -0.25) is 4.90 Å². The quantitative estimate of drug-likeness (QED) is 0.699. The highest BCUT2D eigenvalue weighted by Gasteiger charge is 2.33. The Morgan fingerprint density at radius 3 is 1.80 bits per heavy atom. The molecule has 0 aliphatic heterocycles. The van der Waals surface area contributed by atoms with Crippen LogP contribution in [0.2, 0.25) is 0 Å². The lowest BCUT2D eigenvalue weighted by Gasteiger charge is -2.45. The van der Waals surface area contributed by atoms with Gasteiger partial charge < -0.3 is 0 Å². The zero-order valence-corrected chi connectivity index (χ0v) is 12.7. The van der Waals surface area contributed by atoms with E-state index in [-0.39, 0.29) is 6.04 Å². The second-order valence-corrected chi connectivity index (χ2v) is 6.46.